The number of unbranched alkanes of at least 4 members (excludes halogenated alkanes) is 5. The smallest absolute Gasteiger partial charge is 0.342 e. The van der Waals surface area contributed by atoms with Crippen LogP contribution in [0.25, 0.3) is 0 Å². The van der Waals surface area contributed by atoms with Crippen LogP contribution in [0.5, 0.6) is 0 Å². The van der Waals surface area contributed by atoms with Gasteiger partial charge >= 0.3 is 5.97 Å². The molecule has 0 saturated heterocycles. The minimum absolute atomic E-state index is 0.304. The van der Waals surface area contributed by atoms with E-state index in [0.717, 1.165) is 30.7 Å². The van der Waals surface area contributed by atoms with Crippen molar-refractivity contribution >= 4 is 52.5 Å². The number of rotatable bonds is 15. The second-order valence-electron chi connectivity index (χ2n) is 6.64. The van der Waals surface area contributed by atoms with E-state index in [9.17, 15) is 4.79 Å². The highest BCUT2D eigenvalue weighted by atomic mass is 35.5. The lowest BCUT2D eigenvalue weighted by Crippen LogP contribution is -2.28. The fourth-order valence-electron chi connectivity index (χ4n) is 2.71. The van der Waals surface area contributed by atoms with Gasteiger partial charge in [0.05, 0.1) is 6.61 Å². The molecule has 27 heavy (non-hydrogen) atoms. The van der Waals surface area contributed by atoms with Gasteiger partial charge in [-0.25, -0.2) is 4.79 Å². The van der Waals surface area contributed by atoms with Gasteiger partial charge in [-0.1, -0.05) is 66.2 Å². The molecular formula is C21H31Cl3O2S. The first-order valence-electron chi connectivity index (χ1n) is 9.83. The fraction of sp³-hybridized carbons (Fsp3) is 0.667. The molecule has 2 nitrogen and oxygen atoms in total. The lowest BCUT2D eigenvalue weighted by atomic mass is 10.1. The Kier molecular flexibility index (Phi) is 13.7. The largest absolute Gasteiger partial charge is 0.464 e. The summed E-state index contributed by atoms with van der Waals surface area (Å²) in [7, 11) is 0. The van der Waals surface area contributed by atoms with Crippen molar-refractivity contribution < 1.29 is 9.53 Å². The van der Waals surface area contributed by atoms with E-state index in [4.69, 9.17) is 39.5 Å². The van der Waals surface area contributed by atoms with Gasteiger partial charge in [0.15, 0.2) is 0 Å². The molecule has 0 atom stereocenters. The highest BCUT2D eigenvalue weighted by Crippen LogP contribution is 2.29. The van der Waals surface area contributed by atoms with E-state index in [1.54, 1.807) is 6.92 Å². The molecule has 0 unspecified atom stereocenters. The Morgan fingerprint density at radius 3 is 2.19 bits per heavy atom. The molecule has 0 saturated carbocycles. The predicted molar refractivity (Wildman–Crippen MR) is 120 cm³/mol. The predicted octanol–water partition coefficient (Wildman–Crippen LogP) is 7.47. The van der Waals surface area contributed by atoms with Gasteiger partial charge in [-0.15, -0.1) is 0 Å². The molecule has 6 heteroatoms. The van der Waals surface area contributed by atoms with Crippen LogP contribution in [0.3, 0.4) is 0 Å². The second kappa shape index (κ2) is 14.8. The number of hydrogen-bond acceptors (Lipinski definition) is 3. The Labute approximate surface area is 183 Å². The highest BCUT2D eigenvalue weighted by molar-refractivity contribution is 7.99. The molecule has 0 amide bonds. The summed E-state index contributed by atoms with van der Waals surface area (Å²) < 4.78 is 3.48. The summed E-state index contributed by atoms with van der Waals surface area (Å²) in [6, 6.07) is 8.15. The molecule has 0 aromatic heterocycles. The molecule has 0 bridgehead atoms. The van der Waals surface area contributed by atoms with Gasteiger partial charge in [0, 0.05) is 5.02 Å². The minimum atomic E-state index is -1.39. The average molecular weight is 454 g/mol. The van der Waals surface area contributed by atoms with Crippen molar-refractivity contribution in [3.63, 3.8) is 0 Å². The van der Waals surface area contributed by atoms with E-state index in [1.165, 1.54) is 42.8 Å². The summed E-state index contributed by atoms with van der Waals surface area (Å²) >= 11 is 20.0. The van der Waals surface area contributed by atoms with Gasteiger partial charge in [-0.3, -0.25) is 0 Å². The zero-order chi connectivity index (χ0) is 20.0. The quantitative estimate of drug-likeness (QED) is 0.156. The number of esters is 1. The lowest BCUT2D eigenvalue weighted by Gasteiger charge is -2.17. The summed E-state index contributed by atoms with van der Waals surface area (Å²) in [5, 5.41) is 0.804. The number of carbonyl (C=O) groups is 1. The van der Waals surface area contributed by atoms with E-state index in [0.29, 0.717) is 13.0 Å². The summed E-state index contributed by atoms with van der Waals surface area (Å²) in [5.74, 6) is 1.90. The standard InChI is InChI=1S/C21H31Cl3O2S/c1-2-26-20(25)21(23,24)15-7-3-4-8-16-27-17-9-5-6-10-18-11-13-19(22)14-12-18/h11-14H,2-10,15-17H2,1H3. The molecule has 0 spiro atoms. The molecule has 0 aliphatic heterocycles. The molecule has 154 valence electrons. The van der Waals surface area contributed by atoms with Crippen molar-refractivity contribution in [3.05, 3.63) is 34.9 Å². The Morgan fingerprint density at radius 1 is 0.963 bits per heavy atom. The highest BCUT2D eigenvalue weighted by Gasteiger charge is 2.34. The molecule has 0 radical (unpaired) electrons. The summed E-state index contributed by atoms with van der Waals surface area (Å²) in [6.45, 7) is 2.05. The maximum atomic E-state index is 11.6. The Hall–Kier alpha value is -0.0900. The lowest BCUT2D eigenvalue weighted by molar-refractivity contribution is -0.144. The summed E-state index contributed by atoms with van der Waals surface area (Å²) in [4.78, 5) is 11.6. The average Bonchev–Trinajstić information content (AvgIpc) is 2.64. The van der Waals surface area contributed by atoms with Crippen LogP contribution in [0, 0.1) is 0 Å². The topological polar surface area (TPSA) is 26.3 Å². The monoisotopic (exact) mass is 452 g/mol. The number of ether oxygens (including phenoxy) is 1. The third-order valence-electron chi connectivity index (χ3n) is 4.27. The van der Waals surface area contributed by atoms with Crippen LogP contribution in [0.1, 0.15) is 63.9 Å². The first-order chi connectivity index (χ1) is 13.0. The molecule has 0 N–H and O–H groups in total. The molecule has 0 aliphatic carbocycles. The zero-order valence-electron chi connectivity index (χ0n) is 16.2. The van der Waals surface area contributed by atoms with Crippen molar-refractivity contribution in [1.29, 1.82) is 0 Å². The number of thioether (sulfide) groups is 1. The number of halogens is 3. The second-order valence-corrected chi connectivity index (χ2v) is 9.78. The van der Waals surface area contributed by atoms with Gasteiger partial charge in [0.2, 0.25) is 4.33 Å². The van der Waals surface area contributed by atoms with Crippen LogP contribution in [-0.2, 0) is 16.0 Å². The SMILES string of the molecule is CCOC(=O)C(Cl)(Cl)CCCCCCSCCCCCc1ccc(Cl)cc1. The first-order valence-corrected chi connectivity index (χ1v) is 12.1. The number of hydrogen-bond donors (Lipinski definition) is 0. The van der Waals surface area contributed by atoms with Crippen molar-refractivity contribution in [3.8, 4) is 0 Å². The van der Waals surface area contributed by atoms with Crippen LogP contribution < -0.4 is 0 Å². The van der Waals surface area contributed by atoms with E-state index in [1.807, 2.05) is 23.9 Å². The van der Waals surface area contributed by atoms with Crippen LogP contribution in [0.2, 0.25) is 5.02 Å². The van der Waals surface area contributed by atoms with Crippen molar-refractivity contribution in [2.45, 2.75) is 69.0 Å². The number of benzene rings is 1. The van der Waals surface area contributed by atoms with Gasteiger partial charge in [0.1, 0.15) is 0 Å². The number of aryl methyl sites for hydroxylation is 1. The van der Waals surface area contributed by atoms with Crippen LogP contribution in [0.4, 0.5) is 0 Å². The van der Waals surface area contributed by atoms with Gasteiger partial charge in [-0.2, -0.15) is 11.8 Å². The maximum absolute atomic E-state index is 11.6. The van der Waals surface area contributed by atoms with E-state index >= 15 is 0 Å². The molecule has 1 rings (SSSR count). The van der Waals surface area contributed by atoms with Crippen molar-refractivity contribution in [1.82, 2.24) is 0 Å². The van der Waals surface area contributed by atoms with Gasteiger partial charge in [0.25, 0.3) is 0 Å². The normalized spacial score (nSPS) is 11.6. The molecule has 0 fully saturated rings. The third kappa shape index (κ3) is 12.2. The molecule has 0 aliphatic rings. The molecule has 1 aromatic carbocycles. The number of carbonyl (C=O) groups excluding carboxylic acids is 1. The zero-order valence-corrected chi connectivity index (χ0v) is 19.2. The molecular weight excluding hydrogens is 423 g/mol. The summed E-state index contributed by atoms with van der Waals surface area (Å²) in [5.41, 5.74) is 1.37. The fourth-order valence-corrected chi connectivity index (χ4v) is 4.23. The molecule has 1 aromatic rings. The summed E-state index contributed by atoms with van der Waals surface area (Å²) in [6.07, 6.45) is 9.62. The minimum Gasteiger partial charge on any atom is -0.464 e. The first kappa shape index (κ1) is 24.9. The van der Waals surface area contributed by atoms with Crippen molar-refractivity contribution in [2.75, 3.05) is 18.1 Å². The Morgan fingerprint density at radius 2 is 1.56 bits per heavy atom. The van der Waals surface area contributed by atoms with Crippen LogP contribution >= 0.6 is 46.6 Å². The number of alkyl halides is 2. The van der Waals surface area contributed by atoms with Crippen LogP contribution in [0.15, 0.2) is 24.3 Å². The van der Waals surface area contributed by atoms with Gasteiger partial charge < -0.3 is 4.74 Å². The van der Waals surface area contributed by atoms with Gasteiger partial charge in [-0.05, 0) is 74.7 Å². The van der Waals surface area contributed by atoms with Crippen molar-refractivity contribution in [2.24, 2.45) is 0 Å². The molecule has 0 heterocycles. The Balaban J connectivity index is 1.89. The third-order valence-corrected chi connectivity index (χ3v) is 6.36. The van der Waals surface area contributed by atoms with E-state index < -0.39 is 10.3 Å². The van der Waals surface area contributed by atoms with E-state index in [-0.39, 0.29) is 0 Å². The van der Waals surface area contributed by atoms with Crippen LogP contribution in [-0.4, -0.2) is 28.4 Å². The Bertz CT molecular complexity index is 521. The maximum Gasteiger partial charge on any atom is 0.342 e. The van der Waals surface area contributed by atoms with E-state index in [2.05, 4.69) is 12.1 Å².